The smallest absolute Gasteiger partial charge is 0.131 e. The minimum atomic E-state index is 0.172. The number of hydrogen-bond donors (Lipinski definition) is 1. The number of rotatable bonds is 4. The molecule has 1 N–H and O–H groups in total. The van der Waals surface area contributed by atoms with Gasteiger partial charge in [0.05, 0.1) is 0 Å². The molecule has 0 aliphatic rings. The molecule has 2 nitrogen and oxygen atoms in total. The van der Waals surface area contributed by atoms with E-state index in [9.17, 15) is 0 Å². The maximum atomic E-state index is 8.85. The topological polar surface area (TPSA) is 29.5 Å². The first kappa shape index (κ1) is 13.1. The maximum absolute atomic E-state index is 8.85. The quantitative estimate of drug-likeness (QED) is 0.922. The molecule has 94 valence electrons. The highest BCUT2D eigenvalue weighted by molar-refractivity contribution is 9.10. The second-order valence-electron chi connectivity index (χ2n) is 4.08. The number of aliphatic hydroxyl groups excluding tert-OH is 1. The lowest BCUT2D eigenvalue weighted by Crippen LogP contribution is -1.91. The zero-order chi connectivity index (χ0) is 13.0. The van der Waals surface area contributed by atoms with Gasteiger partial charge in [0.2, 0.25) is 0 Å². The van der Waals surface area contributed by atoms with E-state index < -0.39 is 0 Å². The van der Waals surface area contributed by atoms with Gasteiger partial charge in [-0.3, -0.25) is 0 Å². The minimum Gasteiger partial charge on any atom is -0.457 e. The third-order valence-electron chi connectivity index (χ3n) is 2.77. The van der Waals surface area contributed by atoms with Gasteiger partial charge in [-0.2, -0.15) is 0 Å². The lowest BCUT2D eigenvalue weighted by atomic mass is 10.1. The third kappa shape index (κ3) is 3.12. The summed E-state index contributed by atoms with van der Waals surface area (Å²) in [5.74, 6) is 1.65. The monoisotopic (exact) mass is 306 g/mol. The summed E-state index contributed by atoms with van der Waals surface area (Å²) in [7, 11) is 0. The summed E-state index contributed by atoms with van der Waals surface area (Å²) >= 11 is 3.48. The molecule has 0 radical (unpaired) electrons. The predicted molar refractivity (Wildman–Crippen MR) is 76.2 cm³/mol. The average molecular weight is 307 g/mol. The third-order valence-corrected chi connectivity index (χ3v) is 3.63. The Morgan fingerprint density at radius 2 is 1.83 bits per heavy atom. The van der Waals surface area contributed by atoms with Crippen LogP contribution >= 0.6 is 15.9 Å². The van der Waals surface area contributed by atoms with Gasteiger partial charge in [0.15, 0.2) is 0 Å². The van der Waals surface area contributed by atoms with Crippen molar-refractivity contribution >= 4 is 15.9 Å². The van der Waals surface area contributed by atoms with E-state index >= 15 is 0 Å². The molecular formula is C15H15BrO2. The summed E-state index contributed by atoms with van der Waals surface area (Å²) in [6, 6.07) is 13.7. The Hall–Kier alpha value is -1.32. The van der Waals surface area contributed by atoms with Crippen molar-refractivity contribution in [2.75, 3.05) is 6.61 Å². The number of halogens is 1. The summed E-state index contributed by atoms with van der Waals surface area (Å²) in [6.45, 7) is 2.19. The molecule has 0 heterocycles. The van der Waals surface area contributed by atoms with Crippen molar-refractivity contribution < 1.29 is 9.84 Å². The van der Waals surface area contributed by atoms with Crippen LogP contribution in [0.15, 0.2) is 46.9 Å². The standard InChI is InChI=1S/C15H15BrO2/c1-11-14(16)3-2-4-15(11)18-13-7-5-12(6-8-13)9-10-17/h2-8,17H,9-10H2,1H3. The van der Waals surface area contributed by atoms with Crippen LogP contribution in [0.5, 0.6) is 11.5 Å². The van der Waals surface area contributed by atoms with E-state index in [1.165, 1.54) is 0 Å². The first-order valence-electron chi connectivity index (χ1n) is 5.83. The second-order valence-corrected chi connectivity index (χ2v) is 4.94. The van der Waals surface area contributed by atoms with E-state index in [4.69, 9.17) is 9.84 Å². The van der Waals surface area contributed by atoms with Gasteiger partial charge < -0.3 is 9.84 Å². The molecule has 0 spiro atoms. The van der Waals surface area contributed by atoms with Gasteiger partial charge in [-0.15, -0.1) is 0 Å². The molecule has 0 atom stereocenters. The zero-order valence-electron chi connectivity index (χ0n) is 10.2. The van der Waals surface area contributed by atoms with Crippen LogP contribution in [0.25, 0.3) is 0 Å². The normalized spacial score (nSPS) is 10.4. The number of benzene rings is 2. The highest BCUT2D eigenvalue weighted by atomic mass is 79.9. The number of hydrogen-bond acceptors (Lipinski definition) is 2. The first-order valence-corrected chi connectivity index (χ1v) is 6.63. The van der Waals surface area contributed by atoms with E-state index in [1.807, 2.05) is 49.4 Å². The van der Waals surface area contributed by atoms with Crippen LogP contribution in [0.2, 0.25) is 0 Å². The van der Waals surface area contributed by atoms with Crippen LogP contribution in [0, 0.1) is 6.92 Å². The second kappa shape index (κ2) is 6.03. The van der Waals surface area contributed by atoms with E-state index in [-0.39, 0.29) is 6.61 Å². The van der Waals surface area contributed by atoms with Crippen LogP contribution in [-0.2, 0) is 6.42 Å². The van der Waals surface area contributed by atoms with Gasteiger partial charge in [0, 0.05) is 16.6 Å². The highest BCUT2D eigenvalue weighted by Gasteiger charge is 2.04. The summed E-state index contributed by atoms with van der Waals surface area (Å²) < 4.78 is 6.87. The van der Waals surface area contributed by atoms with Gasteiger partial charge in [0.1, 0.15) is 11.5 Å². The number of ether oxygens (including phenoxy) is 1. The predicted octanol–water partition coefficient (Wildman–Crippen LogP) is 4.08. The lowest BCUT2D eigenvalue weighted by molar-refractivity contribution is 0.299. The Bertz CT molecular complexity index is 521. The molecule has 0 unspecified atom stereocenters. The van der Waals surface area contributed by atoms with E-state index in [2.05, 4.69) is 15.9 Å². The van der Waals surface area contributed by atoms with Crippen molar-refractivity contribution in [2.45, 2.75) is 13.3 Å². The molecule has 0 amide bonds. The van der Waals surface area contributed by atoms with Gasteiger partial charge in [-0.25, -0.2) is 0 Å². The largest absolute Gasteiger partial charge is 0.457 e. The Balaban J connectivity index is 2.16. The first-order chi connectivity index (χ1) is 8.70. The molecule has 0 fully saturated rings. The van der Waals surface area contributed by atoms with Crippen molar-refractivity contribution in [3.8, 4) is 11.5 Å². The highest BCUT2D eigenvalue weighted by Crippen LogP contribution is 2.29. The van der Waals surface area contributed by atoms with Crippen molar-refractivity contribution in [1.82, 2.24) is 0 Å². The fourth-order valence-corrected chi connectivity index (χ4v) is 2.03. The lowest BCUT2D eigenvalue weighted by Gasteiger charge is -2.10. The van der Waals surface area contributed by atoms with Crippen LogP contribution in [0.3, 0.4) is 0 Å². The van der Waals surface area contributed by atoms with Crippen molar-refractivity contribution in [1.29, 1.82) is 0 Å². The molecule has 0 bridgehead atoms. The maximum Gasteiger partial charge on any atom is 0.131 e. The minimum absolute atomic E-state index is 0.172. The van der Waals surface area contributed by atoms with E-state index in [0.29, 0.717) is 6.42 Å². The molecule has 18 heavy (non-hydrogen) atoms. The van der Waals surface area contributed by atoms with Crippen LogP contribution in [0.4, 0.5) is 0 Å². The molecule has 0 aromatic heterocycles. The summed E-state index contributed by atoms with van der Waals surface area (Å²) in [6.07, 6.45) is 0.677. The Kier molecular flexibility index (Phi) is 4.39. The molecule has 0 saturated heterocycles. The van der Waals surface area contributed by atoms with Gasteiger partial charge in [-0.1, -0.05) is 34.1 Å². The van der Waals surface area contributed by atoms with E-state index in [1.54, 1.807) is 0 Å². The van der Waals surface area contributed by atoms with Crippen molar-refractivity contribution in [2.24, 2.45) is 0 Å². The van der Waals surface area contributed by atoms with Gasteiger partial charge in [-0.05, 0) is 43.2 Å². The Morgan fingerprint density at radius 1 is 1.11 bits per heavy atom. The molecular weight excluding hydrogens is 292 g/mol. The van der Waals surface area contributed by atoms with Crippen molar-refractivity contribution in [3.63, 3.8) is 0 Å². The molecule has 0 saturated carbocycles. The fourth-order valence-electron chi connectivity index (χ4n) is 1.68. The molecule has 3 heteroatoms. The number of aliphatic hydroxyl groups is 1. The summed E-state index contributed by atoms with van der Waals surface area (Å²) in [5.41, 5.74) is 2.19. The van der Waals surface area contributed by atoms with Crippen LogP contribution in [0.1, 0.15) is 11.1 Å². The Labute approximate surface area is 115 Å². The van der Waals surface area contributed by atoms with Crippen molar-refractivity contribution in [3.05, 3.63) is 58.1 Å². The fraction of sp³-hybridized carbons (Fsp3) is 0.200. The molecule has 0 aliphatic heterocycles. The zero-order valence-corrected chi connectivity index (χ0v) is 11.8. The molecule has 2 rings (SSSR count). The SMILES string of the molecule is Cc1c(Br)cccc1Oc1ccc(CCO)cc1. The van der Waals surface area contributed by atoms with E-state index in [0.717, 1.165) is 27.1 Å². The summed E-state index contributed by atoms with van der Waals surface area (Å²) in [4.78, 5) is 0. The summed E-state index contributed by atoms with van der Waals surface area (Å²) in [5, 5.41) is 8.85. The van der Waals surface area contributed by atoms with Gasteiger partial charge >= 0.3 is 0 Å². The van der Waals surface area contributed by atoms with Crippen LogP contribution < -0.4 is 4.74 Å². The average Bonchev–Trinajstić information content (AvgIpc) is 2.38. The van der Waals surface area contributed by atoms with Crippen LogP contribution in [-0.4, -0.2) is 11.7 Å². The molecule has 0 aliphatic carbocycles. The Morgan fingerprint density at radius 3 is 2.50 bits per heavy atom. The van der Waals surface area contributed by atoms with Gasteiger partial charge in [0.25, 0.3) is 0 Å². The molecule has 2 aromatic carbocycles. The molecule has 2 aromatic rings.